The van der Waals surface area contributed by atoms with Gasteiger partial charge in [0.1, 0.15) is 13.2 Å². The van der Waals surface area contributed by atoms with Crippen molar-refractivity contribution < 1.29 is 48.3 Å². The van der Waals surface area contributed by atoms with Gasteiger partial charge >= 0.3 is 23.9 Å². The average molecular weight is 478 g/mol. The minimum absolute atomic E-state index is 0.0505. The Morgan fingerprint density at radius 2 is 1.12 bits per heavy atom. The third-order valence-electron chi connectivity index (χ3n) is 4.37. The van der Waals surface area contributed by atoms with Crippen molar-refractivity contribution >= 4 is 23.9 Å². The zero-order chi connectivity index (χ0) is 25.3. The second-order valence-electron chi connectivity index (χ2n) is 7.08. The fourth-order valence-corrected chi connectivity index (χ4v) is 2.61. The molecule has 0 spiro atoms. The summed E-state index contributed by atoms with van der Waals surface area (Å²) in [6.07, 6.45) is 1.28. The maximum Gasteiger partial charge on any atom is 0.339 e. The largest absolute Gasteiger partial charge is 0.463 e. The highest BCUT2D eigenvalue weighted by Gasteiger charge is 2.21. The van der Waals surface area contributed by atoms with Gasteiger partial charge in [0.05, 0.1) is 36.5 Å². The number of rotatable bonds is 16. The van der Waals surface area contributed by atoms with Gasteiger partial charge in [0.2, 0.25) is 0 Å². The monoisotopic (exact) mass is 478 g/mol. The molecule has 2 N–H and O–H groups in total. The molecular formula is C24H30O10. The second kappa shape index (κ2) is 16.2. The van der Waals surface area contributed by atoms with Gasteiger partial charge in [-0.05, 0) is 37.8 Å². The van der Waals surface area contributed by atoms with Gasteiger partial charge < -0.3 is 29.2 Å². The number of ether oxygens (including phenoxy) is 4. The molecule has 0 aliphatic rings. The molecule has 0 heterocycles. The molecule has 0 bridgehead atoms. The van der Waals surface area contributed by atoms with Crippen molar-refractivity contribution in [3.8, 4) is 0 Å². The van der Waals surface area contributed by atoms with E-state index in [1.165, 1.54) is 24.3 Å². The Bertz CT molecular complexity index is 779. The van der Waals surface area contributed by atoms with E-state index in [1.54, 1.807) is 0 Å². The summed E-state index contributed by atoms with van der Waals surface area (Å²) in [6.45, 7) is 6.10. The zero-order valence-corrected chi connectivity index (χ0v) is 18.9. The number of hydrogen-bond acceptors (Lipinski definition) is 10. The molecule has 1 aromatic rings. The molecule has 0 radical (unpaired) electrons. The van der Waals surface area contributed by atoms with E-state index >= 15 is 0 Å². The minimum Gasteiger partial charge on any atom is -0.463 e. The lowest BCUT2D eigenvalue weighted by molar-refractivity contribution is -0.138. The topological polar surface area (TPSA) is 146 Å². The molecule has 0 saturated heterocycles. The summed E-state index contributed by atoms with van der Waals surface area (Å²) in [7, 11) is 0. The van der Waals surface area contributed by atoms with Crippen LogP contribution in [0.5, 0.6) is 0 Å². The van der Waals surface area contributed by atoms with Crippen LogP contribution >= 0.6 is 0 Å². The Hall–Kier alpha value is -3.50. The van der Waals surface area contributed by atoms with Crippen molar-refractivity contribution in [2.24, 2.45) is 0 Å². The van der Waals surface area contributed by atoms with E-state index in [1.807, 2.05) is 0 Å². The summed E-state index contributed by atoms with van der Waals surface area (Å²) >= 11 is 0. The molecule has 2 atom stereocenters. The van der Waals surface area contributed by atoms with Crippen LogP contribution in [0.25, 0.3) is 0 Å². The van der Waals surface area contributed by atoms with Crippen LogP contribution < -0.4 is 0 Å². The van der Waals surface area contributed by atoms with Gasteiger partial charge in [-0.15, -0.1) is 0 Å². The van der Waals surface area contributed by atoms with Gasteiger partial charge in [-0.25, -0.2) is 19.2 Å². The van der Waals surface area contributed by atoms with Crippen LogP contribution in [-0.4, -0.2) is 72.7 Å². The molecule has 0 fully saturated rings. The Balaban J connectivity index is 2.46. The molecule has 2 unspecified atom stereocenters. The molecule has 10 heteroatoms. The fraction of sp³-hybridized carbons (Fsp3) is 0.417. The molecule has 1 rings (SSSR count). The lowest BCUT2D eigenvalue weighted by Crippen LogP contribution is -2.23. The fourth-order valence-electron chi connectivity index (χ4n) is 2.61. The maximum atomic E-state index is 12.4. The van der Waals surface area contributed by atoms with Crippen LogP contribution in [0, 0.1) is 0 Å². The number of esters is 4. The molecule has 0 saturated carbocycles. The van der Waals surface area contributed by atoms with Crippen molar-refractivity contribution in [3.63, 3.8) is 0 Å². The third-order valence-corrected chi connectivity index (χ3v) is 4.37. The number of carbonyl (C=O) groups is 4. The van der Waals surface area contributed by atoms with E-state index in [0.717, 1.165) is 12.2 Å². The van der Waals surface area contributed by atoms with Crippen molar-refractivity contribution in [1.82, 2.24) is 0 Å². The highest BCUT2D eigenvalue weighted by atomic mass is 16.6. The highest BCUT2D eigenvalue weighted by Crippen LogP contribution is 2.13. The summed E-state index contributed by atoms with van der Waals surface area (Å²) in [5, 5.41) is 19.9. The zero-order valence-electron chi connectivity index (χ0n) is 18.9. The number of aliphatic hydroxyl groups is 2. The van der Waals surface area contributed by atoms with E-state index in [4.69, 9.17) is 18.9 Å². The van der Waals surface area contributed by atoms with Gasteiger partial charge in [-0.1, -0.05) is 25.3 Å². The SMILES string of the molecule is C=CC(=O)OCCCC(O)COC(=O)c1ccccc1C(=O)OCC(O)CCCOC(=O)C=C. The molecule has 0 aliphatic heterocycles. The van der Waals surface area contributed by atoms with Crippen LogP contribution in [0.1, 0.15) is 46.4 Å². The molecular weight excluding hydrogens is 448 g/mol. The van der Waals surface area contributed by atoms with Crippen molar-refractivity contribution in [3.05, 3.63) is 60.7 Å². The van der Waals surface area contributed by atoms with Crippen LogP contribution in [-0.2, 0) is 28.5 Å². The summed E-state index contributed by atoms with van der Waals surface area (Å²) in [4.78, 5) is 46.7. The van der Waals surface area contributed by atoms with Crippen LogP contribution in [0.2, 0.25) is 0 Å². The maximum absolute atomic E-state index is 12.4. The van der Waals surface area contributed by atoms with Crippen molar-refractivity contribution in [1.29, 1.82) is 0 Å². The van der Waals surface area contributed by atoms with Crippen molar-refractivity contribution in [2.45, 2.75) is 37.9 Å². The number of benzene rings is 1. The van der Waals surface area contributed by atoms with E-state index in [-0.39, 0.29) is 50.4 Å². The molecule has 0 aliphatic carbocycles. The highest BCUT2D eigenvalue weighted by molar-refractivity contribution is 6.03. The van der Waals surface area contributed by atoms with Crippen LogP contribution in [0.15, 0.2) is 49.6 Å². The lowest BCUT2D eigenvalue weighted by atomic mass is 10.1. The van der Waals surface area contributed by atoms with E-state index in [0.29, 0.717) is 12.8 Å². The average Bonchev–Trinajstić information content (AvgIpc) is 2.85. The molecule has 34 heavy (non-hydrogen) atoms. The Morgan fingerprint density at radius 3 is 1.47 bits per heavy atom. The third kappa shape index (κ3) is 11.4. The van der Waals surface area contributed by atoms with Crippen LogP contribution in [0.3, 0.4) is 0 Å². The first-order chi connectivity index (χ1) is 16.3. The van der Waals surface area contributed by atoms with E-state index in [2.05, 4.69) is 13.2 Å². The second-order valence-corrected chi connectivity index (χ2v) is 7.08. The smallest absolute Gasteiger partial charge is 0.339 e. The Morgan fingerprint density at radius 1 is 0.735 bits per heavy atom. The van der Waals surface area contributed by atoms with Gasteiger partial charge in [-0.2, -0.15) is 0 Å². The van der Waals surface area contributed by atoms with Crippen molar-refractivity contribution in [2.75, 3.05) is 26.4 Å². The number of aliphatic hydroxyl groups excluding tert-OH is 2. The van der Waals surface area contributed by atoms with E-state index < -0.39 is 36.1 Å². The summed E-state index contributed by atoms with van der Waals surface area (Å²) in [5.41, 5.74) is -0.101. The summed E-state index contributed by atoms with van der Waals surface area (Å²) in [5.74, 6) is -2.78. The molecule has 1 aromatic carbocycles. The summed E-state index contributed by atoms with van der Waals surface area (Å²) < 4.78 is 19.7. The summed E-state index contributed by atoms with van der Waals surface area (Å²) in [6, 6.07) is 5.84. The first-order valence-corrected chi connectivity index (χ1v) is 10.7. The molecule has 0 aromatic heterocycles. The predicted molar refractivity (Wildman–Crippen MR) is 120 cm³/mol. The van der Waals surface area contributed by atoms with Gasteiger partial charge in [-0.3, -0.25) is 0 Å². The van der Waals surface area contributed by atoms with E-state index in [9.17, 15) is 29.4 Å². The minimum atomic E-state index is -0.980. The number of carbonyl (C=O) groups excluding carboxylic acids is 4. The molecule has 186 valence electrons. The quantitative estimate of drug-likeness (QED) is 0.156. The molecule has 10 nitrogen and oxygen atoms in total. The Kier molecular flexibility index (Phi) is 13.6. The van der Waals surface area contributed by atoms with Gasteiger partial charge in [0.25, 0.3) is 0 Å². The standard InChI is InChI=1S/C24H30O10/c1-3-21(27)31-13-7-9-17(25)15-33-23(29)19-11-5-6-12-20(19)24(30)34-16-18(26)10-8-14-32-22(28)4-2/h3-6,11-12,17-18,25-26H,1-2,7-10,13-16H2. The first-order valence-electron chi connectivity index (χ1n) is 10.7. The normalized spacial score (nSPS) is 12.1. The number of hydrogen-bond donors (Lipinski definition) is 2. The van der Waals surface area contributed by atoms with Gasteiger partial charge in [0, 0.05) is 12.2 Å². The van der Waals surface area contributed by atoms with Gasteiger partial charge in [0.15, 0.2) is 0 Å². The Labute approximate surface area is 197 Å². The predicted octanol–water partition coefficient (Wildman–Crippen LogP) is 1.74. The van der Waals surface area contributed by atoms with Crippen LogP contribution in [0.4, 0.5) is 0 Å². The first kappa shape index (κ1) is 28.5. The lowest BCUT2D eigenvalue weighted by Gasteiger charge is -2.14. The molecule has 0 amide bonds.